The summed E-state index contributed by atoms with van der Waals surface area (Å²) in [6.07, 6.45) is 5.72. The predicted molar refractivity (Wildman–Crippen MR) is 69.9 cm³/mol. The Bertz CT molecular complexity index is 436. The maximum absolute atomic E-state index is 6.27. The average molecular weight is 229 g/mol. The molecule has 0 bridgehead atoms. The van der Waals surface area contributed by atoms with Crippen molar-refractivity contribution in [2.75, 3.05) is 7.11 Å². The summed E-state index contributed by atoms with van der Waals surface area (Å²) in [5, 5.41) is 0. The van der Waals surface area contributed by atoms with Gasteiger partial charge < -0.3 is 10.5 Å². The Morgan fingerprint density at radius 3 is 2.71 bits per heavy atom. The fourth-order valence-corrected chi connectivity index (χ4v) is 2.21. The lowest BCUT2D eigenvalue weighted by molar-refractivity contribution is 0.370. The van der Waals surface area contributed by atoms with Gasteiger partial charge in [-0.3, -0.25) is 0 Å². The van der Waals surface area contributed by atoms with Crippen molar-refractivity contribution in [3.63, 3.8) is 0 Å². The number of methoxy groups -OCH3 is 1. The Morgan fingerprint density at radius 1 is 1.24 bits per heavy atom. The van der Waals surface area contributed by atoms with Crippen LogP contribution in [0.4, 0.5) is 0 Å². The van der Waals surface area contributed by atoms with Crippen molar-refractivity contribution in [3.05, 3.63) is 29.8 Å². The maximum Gasteiger partial charge on any atom is 0.120 e. The minimum atomic E-state index is -0.276. The highest BCUT2D eigenvalue weighted by molar-refractivity contribution is 5.41. The molecule has 0 amide bonds. The van der Waals surface area contributed by atoms with Gasteiger partial charge in [-0.1, -0.05) is 37.2 Å². The van der Waals surface area contributed by atoms with E-state index in [0.717, 1.165) is 24.2 Å². The molecule has 2 heteroatoms. The van der Waals surface area contributed by atoms with Gasteiger partial charge in [0.15, 0.2) is 0 Å². The van der Waals surface area contributed by atoms with Crippen LogP contribution in [0, 0.1) is 11.8 Å². The summed E-state index contributed by atoms with van der Waals surface area (Å²) in [6.45, 7) is 0. The molecule has 1 fully saturated rings. The SMILES string of the molecule is COc1cccc(C#CC2(N)CCCCC2)c1. The lowest BCUT2D eigenvalue weighted by Gasteiger charge is -2.27. The molecule has 0 saturated heterocycles. The summed E-state index contributed by atoms with van der Waals surface area (Å²) in [5.74, 6) is 7.25. The fraction of sp³-hybridized carbons (Fsp3) is 0.467. The van der Waals surface area contributed by atoms with Crippen molar-refractivity contribution >= 4 is 0 Å². The molecule has 0 aromatic heterocycles. The smallest absolute Gasteiger partial charge is 0.120 e. The molecule has 2 rings (SSSR count). The molecule has 0 aliphatic heterocycles. The molecule has 2 N–H and O–H groups in total. The van der Waals surface area contributed by atoms with E-state index in [1.807, 2.05) is 24.3 Å². The standard InChI is InChI=1S/C15H19NO/c1-17-14-7-5-6-13(12-14)8-11-15(16)9-3-2-4-10-15/h5-7,12H,2-4,9-10,16H2,1H3. The molecule has 1 aliphatic rings. The third-order valence-electron chi connectivity index (χ3n) is 3.27. The summed E-state index contributed by atoms with van der Waals surface area (Å²) in [6, 6.07) is 7.80. The predicted octanol–water partition coefficient (Wildman–Crippen LogP) is 2.71. The molecule has 0 heterocycles. The Kier molecular flexibility index (Phi) is 3.71. The van der Waals surface area contributed by atoms with Crippen LogP contribution in [0.1, 0.15) is 37.7 Å². The number of nitrogens with two attached hydrogens (primary N) is 1. The Morgan fingerprint density at radius 2 is 2.00 bits per heavy atom. The summed E-state index contributed by atoms with van der Waals surface area (Å²) >= 11 is 0. The van der Waals surface area contributed by atoms with Crippen LogP contribution in [0.3, 0.4) is 0 Å². The number of ether oxygens (including phenoxy) is 1. The summed E-state index contributed by atoms with van der Waals surface area (Å²) in [7, 11) is 1.66. The molecule has 1 aliphatic carbocycles. The van der Waals surface area contributed by atoms with Crippen molar-refractivity contribution in [1.29, 1.82) is 0 Å². The molecule has 17 heavy (non-hydrogen) atoms. The highest BCUT2D eigenvalue weighted by atomic mass is 16.5. The number of rotatable bonds is 1. The minimum absolute atomic E-state index is 0.276. The maximum atomic E-state index is 6.27. The molecule has 0 radical (unpaired) electrons. The summed E-state index contributed by atoms with van der Waals surface area (Å²) < 4.78 is 5.17. The summed E-state index contributed by atoms with van der Waals surface area (Å²) in [4.78, 5) is 0. The first-order chi connectivity index (χ1) is 8.22. The normalized spacial score (nSPS) is 18.0. The van der Waals surface area contributed by atoms with Crippen molar-refractivity contribution in [1.82, 2.24) is 0 Å². The van der Waals surface area contributed by atoms with Gasteiger partial charge in [0.25, 0.3) is 0 Å². The zero-order valence-corrected chi connectivity index (χ0v) is 10.3. The van der Waals surface area contributed by atoms with E-state index in [9.17, 15) is 0 Å². The van der Waals surface area contributed by atoms with E-state index in [0.29, 0.717) is 0 Å². The van der Waals surface area contributed by atoms with Crippen LogP contribution >= 0.6 is 0 Å². The van der Waals surface area contributed by atoms with Crippen LogP contribution in [0.25, 0.3) is 0 Å². The molecule has 1 aromatic carbocycles. The van der Waals surface area contributed by atoms with E-state index < -0.39 is 0 Å². The van der Waals surface area contributed by atoms with Crippen molar-refractivity contribution < 1.29 is 4.74 Å². The van der Waals surface area contributed by atoms with Crippen LogP contribution < -0.4 is 10.5 Å². The van der Waals surface area contributed by atoms with Gasteiger partial charge in [-0.05, 0) is 31.0 Å². The van der Waals surface area contributed by atoms with Crippen molar-refractivity contribution in [2.45, 2.75) is 37.6 Å². The van der Waals surface area contributed by atoms with E-state index in [1.54, 1.807) is 7.11 Å². The van der Waals surface area contributed by atoms with E-state index in [4.69, 9.17) is 10.5 Å². The molecule has 90 valence electrons. The zero-order valence-electron chi connectivity index (χ0n) is 10.3. The second-order valence-corrected chi connectivity index (χ2v) is 4.70. The lowest BCUT2D eigenvalue weighted by atomic mass is 9.83. The molecule has 1 saturated carbocycles. The Balaban J connectivity index is 2.14. The molecule has 1 aromatic rings. The third-order valence-corrected chi connectivity index (χ3v) is 3.27. The molecule has 2 nitrogen and oxygen atoms in total. The topological polar surface area (TPSA) is 35.2 Å². The van der Waals surface area contributed by atoms with Crippen LogP contribution in [0.15, 0.2) is 24.3 Å². The van der Waals surface area contributed by atoms with Gasteiger partial charge in [-0.2, -0.15) is 0 Å². The first-order valence-electron chi connectivity index (χ1n) is 6.18. The zero-order chi connectivity index (χ0) is 12.1. The van der Waals surface area contributed by atoms with E-state index in [1.165, 1.54) is 19.3 Å². The molecular formula is C15H19NO. The monoisotopic (exact) mass is 229 g/mol. The quantitative estimate of drug-likeness (QED) is 0.751. The van der Waals surface area contributed by atoms with E-state index in [2.05, 4.69) is 11.8 Å². The number of benzene rings is 1. The number of hydrogen-bond acceptors (Lipinski definition) is 2. The largest absolute Gasteiger partial charge is 0.497 e. The van der Waals surface area contributed by atoms with Gasteiger partial charge in [0.1, 0.15) is 5.75 Å². The highest BCUT2D eigenvalue weighted by Crippen LogP contribution is 2.25. The molecule has 0 unspecified atom stereocenters. The van der Waals surface area contributed by atoms with Gasteiger partial charge in [-0.15, -0.1) is 0 Å². The van der Waals surface area contributed by atoms with Crippen LogP contribution in [-0.4, -0.2) is 12.6 Å². The molecule has 0 atom stereocenters. The van der Waals surface area contributed by atoms with Crippen molar-refractivity contribution in [3.8, 4) is 17.6 Å². The minimum Gasteiger partial charge on any atom is -0.497 e. The van der Waals surface area contributed by atoms with E-state index in [-0.39, 0.29) is 5.54 Å². The number of hydrogen-bond donors (Lipinski definition) is 1. The van der Waals surface area contributed by atoms with Crippen molar-refractivity contribution in [2.24, 2.45) is 5.73 Å². The third kappa shape index (κ3) is 3.25. The van der Waals surface area contributed by atoms with Gasteiger partial charge >= 0.3 is 0 Å². The van der Waals surface area contributed by atoms with Crippen LogP contribution in [0.5, 0.6) is 5.75 Å². The van der Waals surface area contributed by atoms with Gasteiger partial charge in [-0.25, -0.2) is 0 Å². The Hall–Kier alpha value is -1.46. The first-order valence-corrected chi connectivity index (χ1v) is 6.18. The molecule has 0 spiro atoms. The molecular weight excluding hydrogens is 210 g/mol. The fourth-order valence-electron chi connectivity index (χ4n) is 2.21. The van der Waals surface area contributed by atoms with Gasteiger partial charge in [0.05, 0.1) is 12.6 Å². The first kappa shape index (κ1) is 12.0. The second-order valence-electron chi connectivity index (χ2n) is 4.70. The van der Waals surface area contributed by atoms with Crippen LogP contribution in [0.2, 0.25) is 0 Å². The highest BCUT2D eigenvalue weighted by Gasteiger charge is 2.24. The van der Waals surface area contributed by atoms with E-state index >= 15 is 0 Å². The summed E-state index contributed by atoms with van der Waals surface area (Å²) in [5.41, 5.74) is 6.97. The van der Waals surface area contributed by atoms with Gasteiger partial charge in [0, 0.05) is 5.56 Å². The van der Waals surface area contributed by atoms with Crippen LogP contribution in [-0.2, 0) is 0 Å². The van der Waals surface area contributed by atoms with Gasteiger partial charge in [0.2, 0.25) is 0 Å². The Labute approximate surface area is 103 Å². The second kappa shape index (κ2) is 5.25. The average Bonchev–Trinajstić information content (AvgIpc) is 2.38. The lowest BCUT2D eigenvalue weighted by Crippen LogP contribution is -2.40.